The van der Waals surface area contributed by atoms with Crippen LogP contribution in [0, 0.1) is 0 Å². The summed E-state index contributed by atoms with van der Waals surface area (Å²) in [7, 11) is 0. The summed E-state index contributed by atoms with van der Waals surface area (Å²) in [5, 5.41) is 3.14. The fraction of sp³-hybridized carbons (Fsp3) is 0.250. The number of ketones is 1. The summed E-state index contributed by atoms with van der Waals surface area (Å²) in [6.07, 6.45) is 0. The van der Waals surface area contributed by atoms with Gasteiger partial charge in [-0.2, -0.15) is 0 Å². The maximum atomic E-state index is 11.2. The molecule has 1 aromatic rings. The molecule has 0 aliphatic carbocycles. The minimum Gasteiger partial charge on any atom is -0.491 e. The van der Waals surface area contributed by atoms with Crippen molar-refractivity contribution in [2.75, 3.05) is 13.2 Å². The number of carbonyl (C=O) groups is 1. The van der Waals surface area contributed by atoms with Gasteiger partial charge in [-0.15, -0.1) is 0 Å². The largest absolute Gasteiger partial charge is 0.491 e. The van der Waals surface area contributed by atoms with Gasteiger partial charge < -0.3 is 10.1 Å². The number of nitrogens with one attached hydrogen (secondary N) is 1. The smallest absolute Gasteiger partial charge is 0.159 e. The Morgan fingerprint density at radius 2 is 2.33 bits per heavy atom. The minimum atomic E-state index is 0.0456. The van der Waals surface area contributed by atoms with Crippen LogP contribution in [-0.4, -0.2) is 18.9 Å². The summed E-state index contributed by atoms with van der Waals surface area (Å²) in [5.41, 5.74) is 2.44. The lowest BCUT2D eigenvalue weighted by Crippen LogP contribution is -2.14. The Morgan fingerprint density at radius 3 is 3.07 bits per heavy atom. The summed E-state index contributed by atoms with van der Waals surface area (Å²) >= 11 is 0. The number of Topliss-reactive ketones (excluding diaryl/α,β-unsaturated/α-hetero) is 1. The van der Waals surface area contributed by atoms with Crippen LogP contribution >= 0.6 is 0 Å². The summed E-state index contributed by atoms with van der Waals surface area (Å²) < 4.78 is 5.53. The van der Waals surface area contributed by atoms with Gasteiger partial charge in [-0.3, -0.25) is 4.79 Å². The van der Waals surface area contributed by atoms with E-state index in [1.807, 2.05) is 6.07 Å². The first-order valence-electron chi connectivity index (χ1n) is 4.89. The Bertz CT molecular complexity index is 424. The van der Waals surface area contributed by atoms with E-state index in [9.17, 15) is 4.79 Å². The third-order valence-electron chi connectivity index (χ3n) is 2.41. The summed E-state index contributed by atoms with van der Waals surface area (Å²) in [5.74, 6) is 0.780. The predicted molar refractivity (Wildman–Crippen MR) is 59.0 cm³/mol. The van der Waals surface area contributed by atoms with Crippen LogP contribution in [0.1, 0.15) is 22.8 Å². The van der Waals surface area contributed by atoms with E-state index in [1.165, 1.54) is 0 Å². The van der Waals surface area contributed by atoms with Crippen molar-refractivity contribution in [2.45, 2.75) is 6.92 Å². The molecule has 0 saturated carbocycles. The molecule has 1 heterocycles. The van der Waals surface area contributed by atoms with E-state index < -0.39 is 0 Å². The normalized spacial score (nSPS) is 14.6. The second-order valence-electron chi connectivity index (χ2n) is 3.52. The monoisotopic (exact) mass is 203 g/mol. The molecule has 0 aromatic heterocycles. The van der Waals surface area contributed by atoms with Crippen molar-refractivity contribution in [3.63, 3.8) is 0 Å². The zero-order valence-corrected chi connectivity index (χ0v) is 8.67. The van der Waals surface area contributed by atoms with Gasteiger partial charge in [0.15, 0.2) is 5.78 Å². The molecule has 1 aliphatic rings. The Balaban J connectivity index is 2.47. The van der Waals surface area contributed by atoms with Gasteiger partial charge >= 0.3 is 0 Å². The van der Waals surface area contributed by atoms with Gasteiger partial charge in [0.1, 0.15) is 12.4 Å². The quantitative estimate of drug-likeness (QED) is 0.708. The molecule has 2 rings (SSSR count). The Kier molecular flexibility index (Phi) is 2.46. The molecule has 0 spiro atoms. The molecule has 0 atom stereocenters. The van der Waals surface area contributed by atoms with Gasteiger partial charge in [-0.25, -0.2) is 0 Å². The van der Waals surface area contributed by atoms with Crippen LogP contribution in [0.3, 0.4) is 0 Å². The van der Waals surface area contributed by atoms with Crippen LogP contribution in [0.4, 0.5) is 0 Å². The van der Waals surface area contributed by atoms with Crippen LogP contribution < -0.4 is 10.1 Å². The molecule has 1 N–H and O–H groups in total. The standard InChI is InChI=1S/C12H13NO2/c1-8-11-4-3-10(9(2)14)7-12(11)15-6-5-13-8/h3-4,7,13H,1,5-6H2,2H3. The Hall–Kier alpha value is -1.77. The van der Waals surface area contributed by atoms with Gasteiger partial charge in [0.25, 0.3) is 0 Å². The predicted octanol–water partition coefficient (Wildman–Crippen LogP) is 1.84. The van der Waals surface area contributed by atoms with E-state index in [0.29, 0.717) is 12.2 Å². The van der Waals surface area contributed by atoms with Gasteiger partial charge in [-0.1, -0.05) is 12.6 Å². The first-order chi connectivity index (χ1) is 7.18. The molecule has 0 amide bonds. The Labute approximate surface area is 88.8 Å². The average molecular weight is 203 g/mol. The highest BCUT2D eigenvalue weighted by Gasteiger charge is 2.13. The molecule has 3 heteroatoms. The van der Waals surface area contributed by atoms with Crippen molar-refractivity contribution < 1.29 is 9.53 Å². The van der Waals surface area contributed by atoms with Crippen molar-refractivity contribution >= 4 is 11.5 Å². The maximum Gasteiger partial charge on any atom is 0.159 e. The SMILES string of the molecule is C=C1NCCOc2cc(C(C)=O)ccc21. The molecule has 1 aliphatic heterocycles. The molecule has 0 fully saturated rings. The molecule has 78 valence electrons. The lowest BCUT2D eigenvalue weighted by molar-refractivity contribution is 0.101. The van der Waals surface area contributed by atoms with Gasteiger partial charge in [0.2, 0.25) is 0 Å². The summed E-state index contributed by atoms with van der Waals surface area (Å²) in [6, 6.07) is 5.44. The maximum absolute atomic E-state index is 11.2. The van der Waals surface area contributed by atoms with Crippen molar-refractivity contribution in [2.24, 2.45) is 0 Å². The number of fused-ring (bicyclic) bond motifs is 1. The fourth-order valence-corrected chi connectivity index (χ4v) is 1.57. The molecule has 0 saturated heterocycles. The highest BCUT2D eigenvalue weighted by atomic mass is 16.5. The van der Waals surface area contributed by atoms with E-state index in [-0.39, 0.29) is 5.78 Å². The van der Waals surface area contributed by atoms with Gasteiger partial charge in [0, 0.05) is 23.4 Å². The van der Waals surface area contributed by atoms with Gasteiger partial charge in [0.05, 0.1) is 0 Å². The molecule has 15 heavy (non-hydrogen) atoms. The number of hydrogen-bond acceptors (Lipinski definition) is 3. The summed E-state index contributed by atoms with van der Waals surface area (Å²) in [6.45, 7) is 6.79. The second kappa shape index (κ2) is 3.77. The second-order valence-corrected chi connectivity index (χ2v) is 3.52. The number of hydrogen-bond donors (Lipinski definition) is 1. The molecule has 1 aromatic carbocycles. The van der Waals surface area contributed by atoms with E-state index in [1.54, 1.807) is 19.1 Å². The number of ether oxygens (including phenoxy) is 1. The molecular formula is C12H13NO2. The van der Waals surface area contributed by atoms with Crippen LogP contribution in [0.25, 0.3) is 5.70 Å². The van der Waals surface area contributed by atoms with Crippen molar-refractivity contribution in [1.29, 1.82) is 0 Å². The first kappa shape index (κ1) is 9.77. The molecule has 0 radical (unpaired) electrons. The van der Waals surface area contributed by atoms with E-state index in [2.05, 4.69) is 11.9 Å². The van der Waals surface area contributed by atoms with E-state index in [0.717, 1.165) is 23.6 Å². The molecule has 0 unspecified atom stereocenters. The molecular weight excluding hydrogens is 190 g/mol. The van der Waals surface area contributed by atoms with Crippen LogP contribution in [0.15, 0.2) is 24.8 Å². The van der Waals surface area contributed by atoms with Crippen molar-refractivity contribution in [3.8, 4) is 5.75 Å². The average Bonchev–Trinajstić information content (AvgIpc) is 2.40. The van der Waals surface area contributed by atoms with Crippen LogP contribution in [0.5, 0.6) is 5.75 Å². The molecule has 3 nitrogen and oxygen atoms in total. The third kappa shape index (κ3) is 1.86. The summed E-state index contributed by atoms with van der Waals surface area (Å²) in [4.78, 5) is 11.2. The van der Waals surface area contributed by atoms with Crippen molar-refractivity contribution in [1.82, 2.24) is 5.32 Å². The van der Waals surface area contributed by atoms with Crippen LogP contribution in [0.2, 0.25) is 0 Å². The number of carbonyl (C=O) groups excluding carboxylic acids is 1. The highest BCUT2D eigenvalue weighted by molar-refractivity contribution is 5.95. The van der Waals surface area contributed by atoms with E-state index >= 15 is 0 Å². The molecule has 0 bridgehead atoms. The number of rotatable bonds is 1. The topological polar surface area (TPSA) is 38.3 Å². The highest BCUT2D eigenvalue weighted by Crippen LogP contribution is 2.26. The van der Waals surface area contributed by atoms with Crippen molar-refractivity contribution in [3.05, 3.63) is 35.9 Å². The first-order valence-corrected chi connectivity index (χ1v) is 4.89. The van der Waals surface area contributed by atoms with Crippen LogP contribution in [-0.2, 0) is 0 Å². The fourth-order valence-electron chi connectivity index (χ4n) is 1.57. The zero-order chi connectivity index (χ0) is 10.8. The lowest BCUT2D eigenvalue weighted by atomic mass is 10.1. The van der Waals surface area contributed by atoms with Gasteiger partial charge in [-0.05, 0) is 19.1 Å². The van der Waals surface area contributed by atoms with E-state index in [4.69, 9.17) is 4.74 Å². The Morgan fingerprint density at radius 1 is 1.53 bits per heavy atom. The third-order valence-corrected chi connectivity index (χ3v) is 2.41. The number of benzene rings is 1. The zero-order valence-electron chi connectivity index (χ0n) is 8.67. The lowest BCUT2D eigenvalue weighted by Gasteiger charge is -2.08. The minimum absolute atomic E-state index is 0.0456.